The molecule has 5 nitrogen and oxygen atoms in total. The van der Waals surface area contributed by atoms with Crippen molar-refractivity contribution in [1.29, 1.82) is 0 Å². The van der Waals surface area contributed by atoms with Gasteiger partial charge in [0.05, 0.1) is 6.10 Å². The standard InChI is InChI=1S/C23H27NO4/c1-15-11-17(3)19(12-16(15)2)21(26)24-10-9-23(22(27)28,20(25)14-24)13-18-7-5-4-6-8-18/h4-8,11-12,20,25H,9-10,13-14H2,1-3H3,(H,27,28)/t20-,23+/m0/s1. The summed E-state index contributed by atoms with van der Waals surface area (Å²) in [5.41, 5.74) is 3.25. The Labute approximate surface area is 165 Å². The number of likely N-dealkylation sites (tertiary alicyclic amines) is 1. The number of hydrogen-bond acceptors (Lipinski definition) is 3. The molecule has 0 bridgehead atoms. The largest absolute Gasteiger partial charge is 0.481 e. The van der Waals surface area contributed by atoms with Gasteiger partial charge in [-0.2, -0.15) is 0 Å². The molecule has 1 fully saturated rings. The molecule has 0 radical (unpaired) electrons. The highest BCUT2D eigenvalue weighted by Gasteiger charge is 2.49. The van der Waals surface area contributed by atoms with Crippen LogP contribution in [0.3, 0.4) is 0 Å². The number of carboxylic acids is 1. The Balaban J connectivity index is 1.82. The lowest BCUT2D eigenvalue weighted by Gasteiger charge is -2.43. The number of hydrogen-bond donors (Lipinski definition) is 2. The molecule has 3 rings (SSSR count). The number of carbonyl (C=O) groups is 2. The lowest BCUT2D eigenvalue weighted by Crippen LogP contribution is -2.57. The van der Waals surface area contributed by atoms with E-state index in [0.717, 1.165) is 22.3 Å². The van der Waals surface area contributed by atoms with Gasteiger partial charge in [-0.1, -0.05) is 36.4 Å². The zero-order valence-electron chi connectivity index (χ0n) is 16.6. The summed E-state index contributed by atoms with van der Waals surface area (Å²) in [6.45, 7) is 6.20. The molecule has 1 aliphatic heterocycles. The van der Waals surface area contributed by atoms with Crippen molar-refractivity contribution in [3.63, 3.8) is 0 Å². The topological polar surface area (TPSA) is 77.8 Å². The molecule has 0 spiro atoms. The number of β-amino-alcohol motifs (C(OH)–C–C–N with tert-alkyl or cyclic N) is 1. The van der Waals surface area contributed by atoms with E-state index >= 15 is 0 Å². The van der Waals surface area contributed by atoms with E-state index in [4.69, 9.17) is 0 Å². The Morgan fingerprint density at radius 3 is 2.32 bits per heavy atom. The molecule has 0 saturated carbocycles. The first-order chi connectivity index (χ1) is 13.2. The molecule has 0 aromatic heterocycles. The van der Waals surface area contributed by atoms with E-state index in [0.29, 0.717) is 12.1 Å². The van der Waals surface area contributed by atoms with Gasteiger partial charge >= 0.3 is 5.97 Å². The molecule has 1 heterocycles. The number of piperidine rings is 1. The molecule has 0 unspecified atom stereocenters. The fourth-order valence-corrected chi connectivity index (χ4v) is 4.01. The van der Waals surface area contributed by atoms with Crippen LogP contribution < -0.4 is 0 Å². The average Bonchev–Trinajstić information content (AvgIpc) is 2.66. The first-order valence-electron chi connectivity index (χ1n) is 9.57. The maximum absolute atomic E-state index is 13.0. The number of carboxylic acid groups (broad SMARTS) is 1. The second-order valence-electron chi connectivity index (χ2n) is 7.89. The molecule has 148 valence electrons. The maximum Gasteiger partial charge on any atom is 0.312 e. The van der Waals surface area contributed by atoms with Crippen LogP contribution in [-0.2, 0) is 11.2 Å². The fourth-order valence-electron chi connectivity index (χ4n) is 4.01. The first kappa shape index (κ1) is 20.1. The molecule has 28 heavy (non-hydrogen) atoms. The van der Waals surface area contributed by atoms with Crippen LogP contribution in [0.5, 0.6) is 0 Å². The first-order valence-corrected chi connectivity index (χ1v) is 9.57. The van der Waals surface area contributed by atoms with E-state index in [-0.39, 0.29) is 25.3 Å². The van der Waals surface area contributed by atoms with Crippen LogP contribution in [0.4, 0.5) is 0 Å². The van der Waals surface area contributed by atoms with Crippen molar-refractivity contribution in [1.82, 2.24) is 4.90 Å². The molecule has 1 aliphatic rings. The lowest BCUT2D eigenvalue weighted by atomic mass is 9.71. The Morgan fingerprint density at radius 1 is 1.07 bits per heavy atom. The zero-order valence-corrected chi connectivity index (χ0v) is 16.6. The average molecular weight is 381 g/mol. The number of benzene rings is 2. The number of aliphatic carboxylic acids is 1. The van der Waals surface area contributed by atoms with Crippen LogP contribution in [0.25, 0.3) is 0 Å². The van der Waals surface area contributed by atoms with Crippen LogP contribution >= 0.6 is 0 Å². The van der Waals surface area contributed by atoms with Gasteiger partial charge in [0.15, 0.2) is 0 Å². The molecular weight excluding hydrogens is 354 g/mol. The third-order valence-corrected chi connectivity index (χ3v) is 6.01. The summed E-state index contributed by atoms with van der Waals surface area (Å²) in [7, 11) is 0. The summed E-state index contributed by atoms with van der Waals surface area (Å²) < 4.78 is 0. The summed E-state index contributed by atoms with van der Waals surface area (Å²) in [5.74, 6) is -1.17. The van der Waals surface area contributed by atoms with Crippen LogP contribution in [0.15, 0.2) is 42.5 Å². The smallest absolute Gasteiger partial charge is 0.312 e. The minimum Gasteiger partial charge on any atom is -0.481 e. The quantitative estimate of drug-likeness (QED) is 0.853. The Morgan fingerprint density at radius 2 is 1.71 bits per heavy atom. The highest BCUT2D eigenvalue weighted by atomic mass is 16.4. The highest BCUT2D eigenvalue weighted by Crippen LogP contribution is 2.36. The summed E-state index contributed by atoms with van der Waals surface area (Å²) in [5, 5.41) is 20.7. The van der Waals surface area contributed by atoms with Crippen LogP contribution in [-0.4, -0.2) is 46.2 Å². The van der Waals surface area contributed by atoms with Gasteiger partial charge in [0, 0.05) is 18.7 Å². The predicted molar refractivity (Wildman–Crippen MR) is 107 cm³/mol. The van der Waals surface area contributed by atoms with Gasteiger partial charge in [0.25, 0.3) is 5.91 Å². The van der Waals surface area contributed by atoms with Gasteiger partial charge in [-0.3, -0.25) is 9.59 Å². The molecule has 2 aromatic carbocycles. The van der Waals surface area contributed by atoms with Gasteiger partial charge < -0.3 is 15.1 Å². The van der Waals surface area contributed by atoms with Crippen LogP contribution in [0.2, 0.25) is 0 Å². The Kier molecular flexibility index (Phi) is 5.57. The second kappa shape index (κ2) is 7.76. The van der Waals surface area contributed by atoms with E-state index in [9.17, 15) is 19.8 Å². The van der Waals surface area contributed by atoms with Crippen LogP contribution in [0, 0.1) is 26.2 Å². The van der Waals surface area contributed by atoms with Crippen molar-refractivity contribution in [3.05, 3.63) is 70.3 Å². The van der Waals surface area contributed by atoms with Crippen molar-refractivity contribution in [2.45, 2.75) is 39.7 Å². The van der Waals surface area contributed by atoms with Gasteiger partial charge in [-0.25, -0.2) is 0 Å². The highest BCUT2D eigenvalue weighted by molar-refractivity contribution is 5.96. The summed E-state index contributed by atoms with van der Waals surface area (Å²) in [4.78, 5) is 26.7. The van der Waals surface area contributed by atoms with Crippen molar-refractivity contribution in [2.75, 3.05) is 13.1 Å². The third-order valence-electron chi connectivity index (χ3n) is 6.01. The molecular formula is C23H27NO4. The summed E-state index contributed by atoms with van der Waals surface area (Å²) >= 11 is 0. The number of aryl methyl sites for hydroxylation is 3. The molecule has 2 aromatic rings. The second-order valence-corrected chi connectivity index (χ2v) is 7.89. The van der Waals surface area contributed by atoms with E-state index in [1.807, 2.05) is 63.2 Å². The molecule has 2 N–H and O–H groups in total. The van der Waals surface area contributed by atoms with E-state index < -0.39 is 17.5 Å². The monoisotopic (exact) mass is 381 g/mol. The van der Waals surface area contributed by atoms with Gasteiger partial charge in [-0.05, 0) is 61.9 Å². The number of amides is 1. The van der Waals surface area contributed by atoms with E-state index in [2.05, 4.69) is 0 Å². The van der Waals surface area contributed by atoms with Gasteiger partial charge in [0.1, 0.15) is 5.41 Å². The molecule has 0 aliphatic carbocycles. The third kappa shape index (κ3) is 3.67. The van der Waals surface area contributed by atoms with Crippen molar-refractivity contribution in [3.8, 4) is 0 Å². The summed E-state index contributed by atoms with van der Waals surface area (Å²) in [6.07, 6.45) is -0.668. The maximum atomic E-state index is 13.0. The van der Waals surface area contributed by atoms with Crippen molar-refractivity contribution >= 4 is 11.9 Å². The van der Waals surface area contributed by atoms with Crippen LogP contribution in [0.1, 0.15) is 39.0 Å². The van der Waals surface area contributed by atoms with Crippen molar-refractivity contribution in [2.24, 2.45) is 5.41 Å². The SMILES string of the molecule is Cc1cc(C)c(C(=O)N2CC[C@](Cc3ccccc3)(C(=O)O)[C@@H](O)C2)cc1C. The van der Waals surface area contributed by atoms with E-state index in [1.54, 1.807) is 4.90 Å². The van der Waals surface area contributed by atoms with E-state index in [1.165, 1.54) is 0 Å². The number of carbonyl (C=O) groups excluding carboxylic acids is 1. The lowest BCUT2D eigenvalue weighted by molar-refractivity contribution is -0.161. The number of aliphatic hydroxyl groups excluding tert-OH is 1. The van der Waals surface area contributed by atoms with Gasteiger partial charge in [0.2, 0.25) is 0 Å². The molecule has 1 amide bonds. The Bertz CT molecular complexity index is 893. The van der Waals surface area contributed by atoms with Crippen molar-refractivity contribution < 1.29 is 19.8 Å². The summed E-state index contributed by atoms with van der Waals surface area (Å²) in [6, 6.07) is 13.2. The number of nitrogens with zero attached hydrogens (tertiary/aromatic N) is 1. The molecule has 2 atom stereocenters. The minimum absolute atomic E-state index is 0.0182. The zero-order chi connectivity index (χ0) is 20.5. The molecule has 1 saturated heterocycles. The normalized spacial score (nSPS) is 22.1. The number of rotatable bonds is 4. The Hall–Kier alpha value is -2.66. The van der Waals surface area contributed by atoms with Gasteiger partial charge in [-0.15, -0.1) is 0 Å². The number of aliphatic hydroxyl groups is 1. The molecule has 5 heteroatoms. The minimum atomic E-state index is -1.28. The fraction of sp³-hybridized carbons (Fsp3) is 0.391. The predicted octanol–water partition coefficient (Wildman–Crippen LogP) is 3.13.